The highest BCUT2D eigenvalue weighted by Gasteiger charge is 2.23. The summed E-state index contributed by atoms with van der Waals surface area (Å²) in [6.45, 7) is 5.84. The standard InChI is InChI=1S/C16H19BrN2O2S/c1-16(2,3)19-14(20)15(22-4)21-12-5-6-13-10(8-12)7-11(17)9-18-13/h5-9,15H,1-4H3,(H,19,20). The zero-order chi connectivity index (χ0) is 16.3. The summed E-state index contributed by atoms with van der Waals surface area (Å²) in [7, 11) is 0. The summed E-state index contributed by atoms with van der Waals surface area (Å²) in [5, 5.41) is 3.89. The monoisotopic (exact) mass is 382 g/mol. The fraction of sp³-hybridized carbons (Fsp3) is 0.375. The van der Waals surface area contributed by atoms with Gasteiger partial charge >= 0.3 is 0 Å². The van der Waals surface area contributed by atoms with Crippen molar-refractivity contribution < 1.29 is 9.53 Å². The summed E-state index contributed by atoms with van der Waals surface area (Å²) in [5.41, 5.74) is 0.0132. The van der Waals surface area contributed by atoms with Crippen molar-refractivity contribution in [3.05, 3.63) is 34.9 Å². The summed E-state index contributed by atoms with van der Waals surface area (Å²) < 4.78 is 6.73. The highest BCUT2D eigenvalue weighted by molar-refractivity contribution is 9.10. The number of nitrogens with zero attached hydrogens (tertiary/aromatic N) is 1. The van der Waals surface area contributed by atoms with Gasteiger partial charge in [-0.1, -0.05) is 0 Å². The smallest absolute Gasteiger partial charge is 0.272 e. The number of ether oxygens (including phenoxy) is 1. The Labute approximate surface area is 143 Å². The number of fused-ring (bicyclic) bond motifs is 1. The molecule has 0 aliphatic rings. The molecule has 4 nitrogen and oxygen atoms in total. The molecular weight excluding hydrogens is 364 g/mol. The lowest BCUT2D eigenvalue weighted by Gasteiger charge is -2.24. The van der Waals surface area contributed by atoms with Crippen LogP contribution in [0.25, 0.3) is 10.9 Å². The molecule has 1 amide bonds. The maximum absolute atomic E-state index is 12.2. The topological polar surface area (TPSA) is 51.2 Å². The molecule has 1 heterocycles. The van der Waals surface area contributed by atoms with E-state index in [1.165, 1.54) is 11.8 Å². The Balaban J connectivity index is 2.18. The SMILES string of the molecule is CSC(Oc1ccc2ncc(Br)cc2c1)C(=O)NC(C)(C)C. The Morgan fingerprint density at radius 1 is 1.36 bits per heavy atom. The Morgan fingerprint density at radius 2 is 2.09 bits per heavy atom. The summed E-state index contributed by atoms with van der Waals surface area (Å²) in [4.78, 5) is 16.6. The predicted molar refractivity (Wildman–Crippen MR) is 95.3 cm³/mol. The van der Waals surface area contributed by atoms with E-state index in [0.717, 1.165) is 15.4 Å². The second-order valence-corrected chi connectivity index (χ2v) is 7.75. The number of amides is 1. The van der Waals surface area contributed by atoms with Gasteiger partial charge < -0.3 is 10.1 Å². The van der Waals surface area contributed by atoms with Gasteiger partial charge in [-0.2, -0.15) is 0 Å². The number of rotatable bonds is 4. The van der Waals surface area contributed by atoms with Gasteiger partial charge in [0.15, 0.2) is 0 Å². The fourth-order valence-corrected chi connectivity index (χ4v) is 2.75. The maximum Gasteiger partial charge on any atom is 0.272 e. The molecule has 0 aliphatic carbocycles. The largest absolute Gasteiger partial charge is 0.470 e. The van der Waals surface area contributed by atoms with Gasteiger partial charge in [0, 0.05) is 21.6 Å². The first kappa shape index (κ1) is 17.1. The molecule has 0 saturated heterocycles. The molecule has 1 N–H and O–H groups in total. The molecule has 2 aromatic rings. The molecule has 2 rings (SSSR count). The van der Waals surface area contributed by atoms with Crippen LogP contribution in [0.4, 0.5) is 0 Å². The zero-order valence-corrected chi connectivity index (χ0v) is 15.4. The minimum atomic E-state index is -0.586. The van der Waals surface area contributed by atoms with Gasteiger partial charge in [0.25, 0.3) is 5.91 Å². The van der Waals surface area contributed by atoms with Crippen LogP contribution in [0.5, 0.6) is 5.75 Å². The van der Waals surface area contributed by atoms with Crippen molar-refractivity contribution in [3.63, 3.8) is 0 Å². The van der Waals surface area contributed by atoms with Gasteiger partial charge in [0.2, 0.25) is 5.44 Å². The van der Waals surface area contributed by atoms with Crippen LogP contribution in [0.3, 0.4) is 0 Å². The molecule has 6 heteroatoms. The second kappa shape index (κ2) is 6.87. The number of carbonyl (C=O) groups is 1. The van der Waals surface area contributed by atoms with Gasteiger partial charge in [-0.15, -0.1) is 11.8 Å². The highest BCUT2D eigenvalue weighted by atomic mass is 79.9. The first-order valence-corrected chi connectivity index (χ1v) is 8.93. The van der Waals surface area contributed by atoms with E-state index >= 15 is 0 Å². The molecule has 1 aromatic heterocycles. The van der Waals surface area contributed by atoms with Crippen LogP contribution < -0.4 is 10.1 Å². The molecule has 0 spiro atoms. The Hall–Kier alpha value is -1.27. The molecule has 22 heavy (non-hydrogen) atoms. The summed E-state index contributed by atoms with van der Waals surface area (Å²) in [6, 6.07) is 7.58. The quantitative estimate of drug-likeness (QED) is 0.812. The third-order valence-corrected chi connectivity index (χ3v) is 3.96. The number of hydrogen-bond acceptors (Lipinski definition) is 4. The van der Waals surface area contributed by atoms with E-state index in [1.54, 1.807) is 6.20 Å². The minimum Gasteiger partial charge on any atom is -0.470 e. The van der Waals surface area contributed by atoms with Crippen molar-refractivity contribution in [1.82, 2.24) is 10.3 Å². The number of pyridine rings is 1. The van der Waals surface area contributed by atoms with Crippen molar-refractivity contribution in [2.75, 3.05) is 6.26 Å². The van der Waals surface area contributed by atoms with Crippen molar-refractivity contribution in [2.45, 2.75) is 31.7 Å². The van der Waals surface area contributed by atoms with Crippen LogP contribution in [0.1, 0.15) is 20.8 Å². The van der Waals surface area contributed by atoms with E-state index in [9.17, 15) is 4.79 Å². The number of carbonyl (C=O) groups excluding carboxylic acids is 1. The molecule has 1 atom stereocenters. The van der Waals surface area contributed by atoms with Gasteiger partial charge in [-0.25, -0.2) is 0 Å². The highest BCUT2D eigenvalue weighted by Crippen LogP contribution is 2.24. The van der Waals surface area contributed by atoms with E-state index in [0.29, 0.717) is 5.75 Å². The third kappa shape index (κ3) is 4.61. The van der Waals surface area contributed by atoms with E-state index < -0.39 is 5.44 Å². The van der Waals surface area contributed by atoms with Crippen LogP contribution in [0, 0.1) is 0 Å². The molecule has 1 unspecified atom stereocenters. The Morgan fingerprint density at radius 3 is 2.73 bits per heavy atom. The number of thioether (sulfide) groups is 1. The fourth-order valence-electron chi connectivity index (χ4n) is 1.92. The van der Waals surface area contributed by atoms with Gasteiger partial charge in [-0.3, -0.25) is 9.78 Å². The molecule has 0 fully saturated rings. The molecule has 1 aromatic carbocycles. The normalized spacial score (nSPS) is 13.0. The molecule has 0 radical (unpaired) electrons. The predicted octanol–water partition coefficient (Wildman–Crippen LogP) is 3.98. The van der Waals surface area contributed by atoms with Crippen LogP contribution in [-0.4, -0.2) is 28.1 Å². The molecular formula is C16H19BrN2O2S. The van der Waals surface area contributed by atoms with Crippen LogP contribution >= 0.6 is 27.7 Å². The summed E-state index contributed by atoms with van der Waals surface area (Å²) in [6.07, 6.45) is 3.61. The lowest BCUT2D eigenvalue weighted by atomic mass is 10.1. The van der Waals surface area contributed by atoms with Gasteiger partial charge in [-0.05, 0) is 67.2 Å². The molecule has 0 aliphatic heterocycles. The Bertz CT molecular complexity index is 685. The van der Waals surface area contributed by atoms with E-state index in [-0.39, 0.29) is 11.4 Å². The number of benzene rings is 1. The Kier molecular flexibility index (Phi) is 5.34. The molecule has 0 bridgehead atoms. The lowest BCUT2D eigenvalue weighted by Crippen LogP contribution is -2.46. The maximum atomic E-state index is 12.2. The molecule has 0 saturated carbocycles. The summed E-state index contributed by atoms with van der Waals surface area (Å²) >= 11 is 4.77. The second-order valence-electron chi connectivity index (χ2n) is 5.93. The summed E-state index contributed by atoms with van der Waals surface area (Å²) in [5.74, 6) is 0.517. The van der Waals surface area contributed by atoms with Gasteiger partial charge in [0.1, 0.15) is 5.75 Å². The number of nitrogens with one attached hydrogen (secondary N) is 1. The first-order chi connectivity index (χ1) is 10.3. The van der Waals surface area contributed by atoms with Crippen LogP contribution in [0.2, 0.25) is 0 Å². The van der Waals surface area contributed by atoms with Crippen molar-refractivity contribution in [1.29, 1.82) is 0 Å². The van der Waals surface area contributed by atoms with Crippen molar-refractivity contribution in [3.8, 4) is 5.75 Å². The molecule has 118 valence electrons. The van der Waals surface area contributed by atoms with E-state index in [1.807, 2.05) is 51.3 Å². The minimum absolute atomic E-state index is 0.132. The average Bonchev–Trinajstić information content (AvgIpc) is 2.42. The van der Waals surface area contributed by atoms with E-state index in [2.05, 4.69) is 26.2 Å². The average molecular weight is 383 g/mol. The van der Waals surface area contributed by atoms with E-state index in [4.69, 9.17) is 4.74 Å². The van der Waals surface area contributed by atoms with Crippen molar-refractivity contribution >= 4 is 44.5 Å². The number of aromatic nitrogens is 1. The zero-order valence-electron chi connectivity index (χ0n) is 13.0. The number of halogens is 1. The first-order valence-electron chi connectivity index (χ1n) is 6.85. The van der Waals surface area contributed by atoms with Crippen molar-refractivity contribution in [2.24, 2.45) is 0 Å². The number of hydrogen-bond donors (Lipinski definition) is 1. The van der Waals surface area contributed by atoms with Crippen LogP contribution in [0.15, 0.2) is 34.9 Å². The van der Waals surface area contributed by atoms with Crippen LogP contribution in [-0.2, 0) is 4.79 Å². The lowest BCUT2D eigenvalue weighted by molar-refractivity contribution is -0.125. The van der Waals surface area contributed by atoms with Gasteiger partial charge in [0.05, 0.1) is 5.52 Å². The third-order valence-electron chi connectivity index (χ3n) is 2.79.